The first-order chi connectivity index (χ1) is 15.6. The standard InChI is InChI=1S/C26H17N3O3/c30-26-23-10-3-4-11-24(23)27-25(28(26)20-13-15-21(16-14-20)29(31)32)17-12-19-8-5-7-18-6-1-2-9-22(18)19/h1-17H/b17-12+. The highest BCUT2D eigenvalue weighted by Gasteiger charge is 2.13. The van der Waals surface area contributed by atoms with Gasteiger partial charge in [-0.2, -0.15) is 0 Å². The van der Waals surface area contributed by atoms with Crippen LogP contribution in [0.3, 0.4) is 0 Å². The maximum absolute atomic E-state index is 13.3. The van der Waals surface area contributed by atoms with Gasteiger partial charge in [-0.1, -0.05) is 60.7 Å². The number of nitrogens with zero attached hydrogens (tertiary/aromatic N) is 3. The van der Waals surface area contributed by atoms with Crippen molar-refractivity contribution in [2.24, 2.45) is 0 Å². The van der Waals surface area contributed by atoms with Gasteiger partial charge < -0.3 is 0 Å². The molecule has 0 spiro atoms. The average molecular weight is 419 g/mol. The minimum absolute atomic E-state index is 0.0385. The highest BCUT2D eigenvalue weighted by atomic mass is 16.6. The molecule has 4 aromatic carbocycles. The fourth-order valence-electron chi connectivity index (χ4n) is 3.79. The molecule has 0 radical (unpaired) electrons. The number of rotatable bonds is 4. The molecule has 1 aromatic heterocycles. The van der Waals surface area contributed by atoms with Crippen molar-refractivity contribution in [1.82, 2.24) is 9.55 Å². The van der Waals surface area contributed by atoms with Gasteiger partial charge in [-0.05, 0) is 46.7 Å². The number of fused-ring (bicyclic) bond motifs is 2. The van der Waals surface area contributed by atoms with Gasteiger partial charge in [0, 0.05) is 12.1 Å². The number of non-ortho nitro benzene ring substituents is 1. The van der Waals surface area contributed by atoms with E-state index < -0.39 is 4.92 Å². The molecule has 0 N–H and O–H groups in total. The van der Waals surface area contributed by atoms with E-state index in [0.717, 1.165) is 16.3 Å². The van der Waals surface area contributed by atoms with Crippen molar-refractivity contribution in [2.75, 3.05) is 0 Å². The fourth-order valence-corrected chi connectivity index (χ4v) is 3.79. The normalized spacial score (nSPS) is 11.4. The topological polar surface area (TPSA) is 78.0 Å². The van der Waals surface area contributed by atoms with E-state index in [1.54, 1.807) is 36.4 Å². The lowest BCUT2D eigenvalue weighted by Gasteiger charge is -2.11. The van der Waals surface area contributed by atoms with Gasteiger partial charge in [-0.3, -0.25) is 19.5 Å². The summed E-state index contributed by atoms with van der Waals surface area (Å²) < 4.78 is 1.48. The Balaban J connectivity index is 1.71. The highest BCUT2D eigenvalue weighted by molar-refractivity contribution is 5.92. The molecule has 0 amide bonds. The molecule has 0 fully saturated rings. The summed E-state index contributed by atoms with van der Waals surface area (Å²) in [6.45, 7) is 0. The molecule has 0 aliphatic heterocycles. The predicted octanol–water partition coefficient (Wildman–Crippen LogP) is 5.62. The third kappa shape index (κ3) is 3.44. The van der Waals surface area contributed by atoms with Crippen LogP contribution in [0.5, 0.6) is 0 Å². The van der Waals surface area contributed by atoms with E-state index in [1.165, 1.54) is 16.7 Å². The lowest BCUT2D eigenvalue weighted by Crippen LogP contribution is -2.22. The minimum atomic E-state index is -0.466. The number of hydrogen-bond acceptors (Lipinski definition) is 4. The summed E-state index contributed by atoms with van der Waals surface area (Å²) in [6, 6.07) is 27.2. The molecule has 0 aliphatic carbocycles. The third-order valence-electron chi connectivity index (χ3n) is 5.36. The van der Waals surface area contributed by atoms with Gasteiger partial charge in [0.2, 0.25) is 0 Å². The van der Waals surface area contributed by atoms with E-state index in [4.69, 9.17) is 4.98 Å². The van der Waals surface area contributed by atoms with E-state index in [9.17, 15) is 14.9 Å². The molecule has 0 aliphatic rings. The second kappa shape index (κ2) is 7.92. The first-order valence-corrected chi connectivity index (χ1v) is 10.0. The number of para-hydroxylation sites is 1. The van der Waals surface area contributed by atoms with Crippen LogP contribution in [0.2, 0.25) is 0 Å². The van der Waals surface area contributed by atoms with E-state index in [-0.39, 0.29) is 11.2 Å². The van der Waals surface area contributed by atoms with Gasteiger partial charge in [0.25, 0.3) is 11.2 Å². The summed E-state index contributed by atoms with van der Waals surface area (Å²) in [5.74, 6) is 0.440. The number of benzene rings is 4. The van der Waals surface area contributed by atoms with Crippen LogP contribution < -0.4 is 5.56 Å². The van der Waals surface area contributed by atoms with Crippen molar-refractivity contribution >= 4 is 39.5 Å². The molecule has 0 bridgehead atoms. The zero-order valence-electron chi connectivity index (χ0n) is 16.9. The highest BCUT2D eigenvalue weighted by Crippen LogP contribution is 2.22. The SMILES string of the molecule is O=c1c2ccccc2nc(/C=C/c2cccc3ccccc23)n1-c1ccc([N+](=O)[O-])cc1. The smallest absolute Gasteiger partial charge is 0.268 e. The molecule has 0 saturated heterocycles. The number of nitro groups is 1. The second-order valence-electron chi connectivity index (χ2n) is 7.30. The van der Waals surface area contributed by atoms with Crippen molar-refractivity contribution in [3.05, 3.63) is 123 Å². The van der Waals surface area contributed by atoms with Crippen molar-refractivity contribution in [2.45, 2.75) is 0 Å². The van der Waals surface area contributed by atoms with Crippen LogP contribution in [-0.4, -0.2) is 14.5 Å². The monoisotopic (exact) mass is 419 g/mol. The summed E-state index contributed by atoms with van der Waals surface area (Å²) in [7, 11) is 0. The van der Waals surface area contributed by atoms with Crippen LogP contribution in [0.15, 0.2) is 95.8 Å². The summed E-state index contributed by atoms with van der Waals surface area (Å²) in [6.07, 6.45) is 3.73. The second-order valence-corrected chi connectivity index (χ2v) is 7.30. The quantitative estimate of drug-likeness (QED) is 0.280. The first kappa shape index (κ1) is 19.4. The van der Waals surface area contributed by atoms with Crippen LogP contribution in [-0.2, 0) is 0 Å². The lowest BCUT2D eigenvalue weighted by molar-refractivity contribution is -0.384. The average Bonchev–Trinajstić information content (AvgIpc) is 2.83. The molecule has 0 unspecified atom stereocenters. The fraction of sp³-hybridized carbons (Fsp3) is 0. The zero-order chi connectivity index (χ0) is 22.1. The molecule has 5 aromatic rings. The molecule has 6 heteroatoms. The van der Waals surface area contributed by atoms with Crippen LogP contribution >= 0.6 is 0 Å². The van der Waals surface area contributed by atoms with Gasteiger partial charge in [-0.15, -0.1) is 0 Å². The first-order valence-electron chi connectivity index (χ1n) is 10.0. The number of nitro benzene ring substituents is 1. The Kier molecular flexibility index (Phi) is 4.80. The van der Waals surface area contributed by atoms with Crippen LogP contribution in [0, 0.1) is 10.1 Å². The zero-order valence-corrected chi connectivity index (χ0v) is 16.9. The van der Waals surface area contributed by atoms with E-state index in [0.29, 0.717) is 22.4 Å². The van der Waals surface area contributed by atoms with Gasteiger partial charge in [0.05, 0.1) is 21.5 Å². The lowest BCUT2D eigenvalue weighted by atomic mass is 10.0. The van der Waals surface area contributed by atoms with Crippen LogP contribution in [0.4, 0.5) is 5.69 Å². The maximum atomic E-state index is 13.3. The third-order valence-corrected chi connectivity index (χ3v) is 5.36. The molecular weight excluding hydrogens is 402 g/mol. The minimum Gasteiger partial charge on any atom is -0.268 e. The molecule has 6 nitrogen and oxygen atoms in total. The van der Waals surface area contributed by atoms with Gasteiger partial charge in [0.15, 0.2) is 0 Å². The molecule has 5 rings (SSSR count). The van der Waals surface area contributed by atoms with E-state index in [2.05, 4.69) is 0 Å². The van der Waals surface area contributed by atoms with Crippen molar-refractivity contribution in [3.63, 3.8) is 0 Å². The summed E-state index contributed by atoms with van der Waals surface area (Å²) in [5, 5.41) is 13.7. The number of hydrogen-bond donors (Lipinski definition) is 0. The number of aromatic nitrogens is 2. The van der Waals surface area contributed by atoms with Gasteiger partial charge in [-0.25, -0.2) is 4.98 Å². The Labute approximate surface area is 182 Å². The molecule has 32 heavy (non-hydrogen) atoms. The summed E-state index contributed by atoms with van der Waals surface area (Å²) >= 11 is 0. The Hall–Kier alpha value is -4.58. The summed E-state index contributed by atoms with van der Waals surface area (Å²) in [5.41, 5.74) is 1.83. The van der Waals surface area contributed by atoms with E-state index >= 15 is 0 Å². The van der Waals surface area contributed by atoms with Gasteiger partial charge >= 0.3 is 0 Å². The largest absolute Gasteiger partial charge is 0.269 e. The molecular formula is C26H17N3O3. The van der Waals surface area contributed by atoms with Crippen molar-refractivity contribution < 1.29 is 4.92 Å². The Morgan fingerprint density at radius 2 is 1.47 bits per heavy atom. The Morgan fingerprint density at radius 1 is 0.781 bits per heavy atom. The van der Waals surface area contributed by atoms with Crippen molar-refractivity contribution in [3.8, 4) is 5.69 Å². The Bertz CT molecular complexity index is 1560. The van der Waals surface area contributed by atoms with Crippen LogP contribution in [0.25, 0.3) is 39.5 Å². The Morgan fingerprint density at radius 3 is 2.25 bits per heavy atom. The maximum Gasteiger partial charge on any atom is 0.269 e. The van der Waals surface area contributed by atoms with Gasteiger partial charge in [0.1, 0.15) is 5.82 Å². The molecule has 1 heterocycles. The molecule has 0 atom stereocenters. The van der Waals surface area contributed by atoms with E-state index in [1.807, 2.05) is 54.6 Å². The summed E-state index contributed by atoms with van der Waals surface area (Å²) in [4.78, 5) is 28.6. The van der Waals surface area contributed by atoms with Crippen molar-refractivity contribution in [1.29, 1.82) is 0 Å². The predicted molar refractivity (Wildman–Crippen MR) is 127 cm³/mol. The molecule has 0 saturated carbocycles. The van der Waals surface area contributed by atoms with Crippen LogP contribution in [0.1, 0.15) is 11.4 Å². The molecule has 154 valence electrons.